The van der Waals surface area contributed by atoms with E-state index in [0.717, 1.165) is 34.8 Å². The summed E-state index contributed by atoms with van der Waals surface area (Å²) in [6.45, 7) is 8.81. The summed E-state index contributed by atoms with van der Waals surface area (Å²) in [5.41, 5.74) is 6.44. The Morgan fingerprint density at radius 2 is 1.69 bits per heavy atom. The van der Waals surface area contributed by atoms with Crippen LogP contribution < -0.4 is 5.32 Å². The standard InChI is InChI=1S/C25H26N4/c1-5-17-8-13-21-22(15-17)28-24(19-7-6-14-26-16-19)29-23(27-21)18-9-11-20(12-10-18)25(2,3)4/h6-16H,5H2,1-4H3,(H,27,28,29). The summed E-state index contributed by atoms with van der Waals surface area (Å²) in [5, 5.41) is 3.48. The normalized spacial score (nSPS) is 13.7. The van der Waals surface area contributed by atoms with Gasteiger partial charge in [-0.05, 0) is 47.2 Å². The average molecular weight is 383 g/mol. The third-order valence-electron chi connectivity index (χ3n) is 5.11. The third kappa shape index (κ3) is 4.11. The maximum atomic E-state index is 4.90. The molecule has 1 aromatic heterocycles. The van der Waals surface area contributed by atoms with E-state index >= 15 is 0 Å². The molecule has 1 N–H and O–H groups in total. The van der Waals surface area contributed by atoms with Crippen LogP contribution >= 0.6 is 0 Å². The Hall–Kier alpha value is -3.27. The molecule has 4 rings (SSSR count). The highest BCUT2D eigenvalue weighted by Gasteiger charge is 2.17. The van der Waals surface area contributed by atoms with Gasteiger partial charge in [-0.2, -0.15) is 0 Å². The van der Waals surface area contributed by atoms with E-state index in [4.69, 9.17) is 9.98 Å². The number of aromatic nitrogens is 1. The number of fused-ring (bicyclic) bond motifs is 1. The Bertz CT molecular complexity index is 1070. The second-order valence-corrected chi connectivity index (χ2v) is 8.29. The van der Waals surface area contributed by atoms with Crippen molar-refractivity contribution in [1.29, 1.82) is 0 Å². The first kappa shape index (κ1) is 19.1. The molecule has 0 saturated carbocycles. The topological polar surface area (TPSA) is 49.6 Å². The number of benzene rings is 2. The summed E-state index contributed by atoms with van der Waals surface area (Å²) in [6.07, 6.45) is 4.56. The fourth-order valence-corrected chi connectivity index (χ4v) is 3.29. The van der Waals surface area contributed by atoms with Gasteiger partial charge < -0.3 is 5.32 Å². The highest BCUT2D eigenvalue weighted by molar-refractivity contribution is 6.19. The number of rotatable bonds is 3. The largest absolute Gasteiger partial charge is 0.338 e. The molecular formula is C25H26N4. The number of aliphatic imine (C=N–C) groups is 2. The van der Waals surface area contributed by atoms with Gasteiger partial charge in [-0.25, -0.2) is 9.98 Å². The van der Waals surface area contributed by atoms with E-state index in [-0.39, 0.29) is 5.41 Å². The molecule has 0 atom stereocenters. The van der Waals surface area contributed by atoms with Gasteiger partial charge in [0.1, 0.15) is 5.84 Å². The van der Waals surface area contributed by atoms with Crippen LogP contribution in [0.3, 0.4) is 0 Å². The average Bonchev–Trinajstić information content (AvgIpc) is 2.93. The molecule has 0 aliphatic carbocycles. The summed E-state index contributed by atoms with van der Waals surface area (Å²) in [5.74, 6) is 1.45. The van der Waals surface area contributed by atoms with Crippen LogP contribution in [0.5, 0.6) is 0 Å². The minimum atomic E-state index is 0.110. The van der Waals surface area contributed by atoms with Crippen molar-refractivity contribution in [2.75, 3.05) is 5.32 Å². The van der Waals surface area contributed by atoms with Crippen molar-refractivity contribution < 1.29 is 0 Å². The molecule has 4 heteroatoms. The Labute approximate surface area is 172 Å². The Morgan fingerprint density at radius 1 is 0.897 bits per heavy atom. The van der Waals surface area contributed by atoms with Gasteiger partial charge in [0, 0.05) is 23.5 Å². The van der Waals surface area contributed by atoms with E-state index in [1.165, 1.54) is 11.1 Å². The number of hydrogen-bond donors (Lipinski definition) is 1. The fourth-order valence-electron chi connectivity index (χ4n) is 3.29. The predicted octanol–water partition coefficient (Wildman–Crippen LogP) is 5.89. The summed E-state index contributed by atoms with van der Waals surface area (Å²) >= 11 is 0. The molecule has 3 aromatic rings. The molecular weight excluding hydrogens is 356 g/mol. The first-order chi connectivity index (χ1) is 13.9. The number of nitrogens with one attached hydrogen (secondary N) is 1. The first-order valence-corrected chi connectivity index (χ1v) is 10.0. The zero-order chi connectivity index (χ0) is 20.4. The van der Waals surface area contributed by atoms with Gasteiger partial charge in [-0.1, -0.05) is 58.0 Å². The molecule has 1 aliphatic rings. The van der Waals surface area contributed by atoms with Gasteiger partial charge in [0.25, 0.3) is 0 Å². The molecule has 0 bridgehead atoms. The van der Waals surface area contributed by atoms with Crippen LogP contribution in [0.15, 0.2) is 77.0 Å². The maximum Gasteiger partial charge on any atom is 0.162 e. The molecule has 146 valence electrons. The van der Waals surface area contributed by atoms with E-state index in [0.29, 0.717) is 5.84 Å². The fraction of sp³-hybridized carbons (Fsp3) is 0.240. The Morgan fingerprint density at radius 3 is 2.34 bits per heavy atom. The second kappa shape index (κ2) is 7.63. The molecule has 2 aromatic carbocycles. The van der Waals surface area contributed by atoms with E-state index in [9.17, 15) is 0 Å². The number of pyridine rings is 1. The summed E-state index contributed by atoms with van der Waals surface area (Å²) in [7, 11) is 0. The molecule has 0 amide bonds. The monoisotopic (exact) mass is 382 g/mol. The van der Waals surface area contributed by atoms with Gasteiger partial charge in [0.2, 0.25) is 0 Å². The Balaban J connectivity index is 1.83. The van der Waals surface area contributed by atoms with Gasteiger partial charge in [0.05, 0.1) is 11.4 Å². The minimum Gasteiger partial charge on any atom is -0.338 e. The minimum absolute atomic E-state index is 0.110. The predicted molar refractivity (Wildman–Crippen MR) is 122 cm³/mol. The van der Waals surface area contributed by atoms with Crippen LogP contribution in [0.2, 0.25) is 0 Å². The number of hydrogen-bond acceptors (Lipinski definition) is 4. The smallest absolute Gasteiger partial charge is 0.162 e. The quantitative estimate of drug-likeness (QED) is 0.614. The van der Waals surface area contributed by atoms with Crippen molar-refractivity contribution in [3.05, 3.63) is 89.2 Å². The van der Waals surface area contributed by atoms with Crippen LogP contribution in [0.1, 0.15) is 49.9 Å². The van der Waals surface area contributed by atoms with Gasteiger partial charge >= 0.3 is 0 Å². The molecule has 0 saturated heterocycles. The van der Waals surface area contributed by atoms with Crippen molar-refractivity contribution in [2.45, 2.75) is 39.5 Å². The van der Waals surface area contributed by atoms with Crippen LogP contribution in [0.25, 0.3) is 0 Å². The molecule has 0 spiro atoms. The highest BCUT2D eigenvalue weighted by atomic mass is 15.1. The van der Waals surface area contributed by atoms with E-state index in [1.54, 1.807) is 6.20 Å². The SMILES string of the molecule is CCc1ccc2c(c1)NC(c1cccnc1)=NC(c1ccc(C(C)(C)C)cc1)=N2. The van der Waals surface area contributed by atoms with E-state index < -0.39 is 0 Å². The second-order valence-electron chi connectivity index (χ2n) is 8.29. The zero-order valence-electron chi connectivity index (χ0n) is 17.4. The number of nitrogens with zero attached hydrogens (tertiary/aromatic N) is 3. The van der Waals surface area contributed by atoms with Crippen LogP contribution in [-0.4, -0.2) is 16.7 Å². The molecule has 0 fully saturated rings. The van der Waals surface area contributed by atoms with E-state index in [1.807, 2.05) is 18.3 Å². The first-order valence-electron chi connectivity index (χ1n) is 10.0. The van der Waals surface area contributed by atoms with Crippen molar-refractivity contribution in [2.24, 2.45) is 9.98 Å². The number of amidine groups is 2. The van der Waals surface area contributed by atoms with Crippen molar-refractivity contribution >= 4 is 23.0 Å². The van der Waals surface area contributed by atoms with Crippen LogP contribution in [0.4, 0.5) is 11.4 Å². The van der Waals surface area contributed by atoms with Crippen LogP contribution in [-0.2, 0) is 11.8 Å². The lowest BCUT2D eigenvalue weighted by molar-refractivity contribution is 0.590. The van der Waals surface area contributed by atoms with Gasteiger partial charge in [0.15, 0.2) is 5.84 Å². The highest BCUT2D eigenvalue weighted by Crippen LogP contribution is 2.31. The molecule has 29 heavy (non-hydrogen) atoms. The Kier molecular flexibility index (Phi) is 5.01. The molecule has 2 heterocycles. The lowest BCUT2D eigenvalue weighted by Gasteiger charge is -2.19. The van der Waals surface area contributed by atoms with Gasteiger partial charge in [-0.15, -0.1) is 0 Å². The molecule has 1 aliphatic heterocycles. The summed E-state index contributed by atoms with van der Waals surface area (Å²) < 4.78 is 0. The van der Waals surface area contributed by atoms with Crippen molar-refractivity contribution in [3.63, 3.8) is 0 Å². The molecule has 4 nitrogen and oxygen atoms in total. The van der Waals surface area contributed by atoms with E-state index in [2.05, 4.69) is 80.5 Å². The van der Waals surface area contributed by atoms with Crippen LogP contribution in [0, 0.1) is 0 Å². The summed E-state index contributed by atoms with van der Waals surface area (Å²) in [6, 6.07) is 18.8. The number of anilines is 1. The zero-order valence-corrected chi connectivity index (χ0v) is 17.4. The summed E-state index contributed by atoms with van der Waals surface area (Å²) in [4.78, 5) is 14.0. The van der Waals surface area contributed by atoms with Crippen molar-refractivity contribution in [3.8, 4) is 0 Å². The third-order valence-corrected chi connectivity index (χ3v) is 5.11. The molecule has 0 radical (unpaired) electrons. The lowest BCUT2D eigenvalue weighted by atomic mass is 9.86. The lowest BCUT2D eigenvalue weighted by Crippen LogP contribution is -2.15. The number of aryl methyl sites for hydroxylation is 1. The molecule has 0 unspecified atom stereocenters. The van der Waals surface area contributed by atoms with Crippen molar-refractivity contribution in [1.82, 2.24) is 4.98 Å². The van der Waals surface area contributed by atoms with Gasteiger partial charge in [-0.3, -0.25) is 4.98 Å². The maximum absolute atomic E-state index is 4.90.